The molecule has 0 aliphatic carbocycles. The zero-order valence-corrected chi connectivity index (χ0v) is 16.3. The first-order valence-corrected chi connectivity index (χ1v) is 9.76. The Morgan fingerprint density at radius 3 is 2.69 bits per heavy atom. The van der Waals surface area contributed by atoms with Crippen LogP contribution in [0.2, 0.25) is 5.02 Å². The van der Waals surface area contributed by atoms with Gasteiger partial charge in [0.15, 0.2) is 0 Å². The first-order valence-electron chi connectivity index (χ1n) is 9.38. The summed E-state index contributed by atoms with van der Waals surface area (Å²) in [5.41, 5.74) is 0.893. The molecule has 2 N–H and O–H groups in total. The van der Waals surface area contributed by atoms with Crippen LogP contribution in [-0.4, -0.2) is 48.1 Å². The molecular formula is C21H20ClFN2O4. The fourth-order valence-corrected chi connectivity index (χ4v) is 4.26. The number of carboxylic acid groups (broad SMARTS) is 1. The summed E-state index contributed by atoms with van der Waals surface area (Å²) in [5, 5.41) is 12.4. The van der Waals surface area contributed by atoms with Crippen LogP contribution in [0.25, 0.3) is 0 Å². The highest BCUT2D eigenvalue weighted by Gasteiger charge is 2.48. The molecule has 2 aliphatic heterocycles. The number of benzene rings is 2. The van der Waals surface area contributed by atoms with Crippen LogP contribution >= 0.6 is 11.6 Å². The number of hydrogen-bond acceptors (Lipinski definition) is 4. The number of carbonyl (C=O) groups is 2. The quantitative estimate of drug-likeness (QED) is 0.776. The van der Waals surface area contributed by atoms with Gasteiger partial charge >= 0.3 is 5.97 Å². The molecule has 0 aromatic heterocycles. The average Bonchev–Trinajstić information content (AvgIpc) is 2.94. The van der Waals surface area contributed by atoms with E-state index in [1.807, 2.05) is 12.1 Å². The van der Waals surface area contributed by atoms with Crippen molar-refractivity contribution in [2.75, 3.05) is 31.6 Å². The van der Waals surface area contributed by atoms with Gasteiger partial charge in [-0.05, 0) is 61.8 Å². The highest BCUT2D eigenvalue weighted by Crippen LogP contribution is 2.45. The topological polar surface area (TPSA) is 78.9 Å². The number of amides is 1. The number of nitrogens with zero attached hydrogens (tertiary/aromatic N) is 1. The van der Waals surface area contributed by atoms with E-state index >= 15 is 0 Å². The maximum Gasteiger partial charge on any atom is 0.338 e. The average molecular weight is 419 g/mol. The molecule has 2 aromatic carbocycles. The van der Waals surface area contributed by atoms with Crippen molar-refractivity contribution in [3.05, 3.63) is 58.4 Å². The molecule has 0 saturated carbocycles. The van der Waals surface area contributed by atoms with E-state index in [0.29, 0.717) is 36.8 Å². The molecule has 0 atom stereocenters. The molecule has 1 fully saturated rings. The summed E-state index contributed by atoms with van der Waals surface area (Å²) in [7, 11) is 0. The fraction of sp³-hybridized carbons (Fsp3) is 0.333. The lowest BCUT2D eigenvalue weighted by atomic mass is 9.73. The molecule has 1 saturated heterocycles. The van der Waals surface area contributed by atoms with Crippen LogP contribution < -0.4 is 10.1 Å². The van der Waals surface area contributed by atoms with Crippen molar-refractivity contribution in [1.29, 1.82) is 0 Å². The van der Waals surface area contributed by atoms with Gasteiger partial charge in [0, 0.05) is 23.3 Å². The largest absolute Gasteiger partial charge is 0.492 e. The standard InChI is InChI=1S/C21H20ClFN2O4/c22-13-1-4-18-16(11-13)21(20(28)24-18)5-7-25(8-6-21)9-10-29-14-2-3-15(19(26)27)17(23)12-14/h1-4,11-12H,5-10H2,(H,24,28)(H,26,27). The zero-order chi connectivity index (χ0) is 20.6. The Kier molecular flexibility index (Phi) is 5.19. The van der Waals surface area contributed by atoms with Gasteiger partial charge in [-0.25, -0.2) is 9.18 Å². The lowest BCUT2D eigenvalue weighted by Gasteiger charge is -2.37. The predicted octanol–water partition coefficient (Wildman–Crippen LogP) is 3.54. The Morgan fingerprint density at radius 2 is 2.00 bits per heavy atom. The number of halogens is 2. The molecule has 0 bridgehead atoms. The lowest BCUT2D eigenvalue weighted by molar-refractivity contribution is -0.122. The third-order valence-corrected chi connectivity index (χ3v) is 5.97. The van der Waals surface area contributed by atoms with Crippen molar-refractivity contribution >= 4 is 29.2 Å². The molecule has 1 amide bonds. The fourth-order valence-electron chi connectivity index (χ4n) is 4.09. The van der Waals surface area contributed by atoms with Crippen LogP contribution in [0, 0.1) is 5.82 Å². The molecule has 152 valence electrons. The van der Waals surface area contributed by atoms with Gasteiger partial charge in [-0.15, -0.1) is 0 Å². The summed E-state index contributed by atoms with van der Waals surface area (Å²) in [6, 6.07) is 9.22. The summed E-state index contributed by atoms with van der Waals surface area (Å²) < 4.78 is 19.3. The van der Waals surface area contributed by atoms with Crippen LogP contribution in [-0.2, 0) is 10.2 Å². The number of carboxylic acids is 1. The van der Waals surface area contributed by atoms with Crippen molar-refractivity contribution in [2.24, 2.45) is 0 Å². The number of anilines is 1. The molecule has 29 heavy (non-hydrogen) atoms. The molecular weight excluding hydrogens is 399 g/mol. The third-order valence-electron chi connectivity index (χ3n) is 5.74. The van der Waals surface area contributed by atoms with Crippen LogP contribution in [0.5, 0.6) is 5.75 Å². The Hall–Kier alpha value is -2.64. The van der Waals surface area contributed by atoms with Gasteiger partial charge in [0.05, 0.1) is 11.0 Å². The minimum Gasteiger partial charge on any atom is -0.492 e. The second-order valence-corrected chi connectivity index (χ2v) is 7.80. The van der Waals surface area contributed by atoms with E-state index in [9.17, 15) is 14.0 Å². The normalized spacial score (nSPS) is 17.8. The number of piperidine rings is 1. The zero-order valence-electron chi connectivity index (χ0n) is 15.6. The van der Waals surface area contributed by atoms with E-state index in [0.717, 1.165) is 30.4 Å². The van der Waals surface area contributed by atoms with Gasteiger partial charge < -0.3 is 15.2 Å². The number of nitrogens with one attached hydrogen (secondary N) is 1. The van der Waals surface area contributed by atoms with Gasteiger partial charge in [0.25, 0.3) is 0 Å². The molecule has 6 nitrogen and oxygen atoms in total. The molecule has 8 heteroatoms. The smallest absolute Gasteiger partial charge is 0.338 e. The number of fused-ring (bicyclic) bond motifs is 2. The number of rotatable bonds is 5. The Balaban J connectivity index is 1.33. The third kappa shape index (κ3) is 3.68. The molecule has 1 spiro atoms. The second kappa shape index (κ2) is 7.65. The first kappa shape index (κ1) is 19.7. The molecule has 0 radical (unpaired) electrons. The van der Waals surface area contributed by atoms with E-state index in [-0.39, 0.29) is 11.5 Å². The van der Waals surface area contributed by atoms with E-state index in [4.69, 9.17) is 21.4 Å². The molecule has 0 unspecified atom stereocenters. The second-order valence-electron chi connectivity index (χ2n) is 7.36. The van der Waals surface area contributed by atoms with Crippen LogP contribution in [0.15, 0.2) is 36.4 Å². The molecule has 4 rings (SSSR count). The molecule has 2 aromatic rings. The summed E-state index contributed by atoms with van der Waals surface area (Å²) in [6.07, 6.45) is 1.38. The van der Waals surface area contributed by atoms with Crippen LogP contribution in [0.1, 0.15) is 28.8 Å². The number of likely N-dealkylation sites (tertiary alicyclic amines) is 1. The van der Waals surface area contributed by atoms with Gasteiger partial charge in [0.2, 0.25) is 5.91 Å². The van der Waals surface area contributed by atoms with E-state index in [1.165, 1.54) is 12.1 Å². The summed E-state index contributed by atoms with van der Waals surface area (Å²) in [5.74, 6) is -1.81. The first-order chi connectivity index (χ1) is 13.9. The van der Waals surface area contributed by atoms with Crippen molar-refractivity contribution in [1.82, 2.24) is 4.90 Å². The van der Waals surface area contributed by atoms with Crippen LogP contribution in [0.4, 0.5) is 10.1 Å². The Morgan fingerprint density at radius 1 is 1.24 bits per heavy atom. The van der Waals surface area contributed by atoms with Gasteiger partial charge in [-0.1, -0.05) is 11.6 Å². The lowest BCUT2D eigenvalue weighted by Crippen LogP contribution is -2.47. The Bertz CT molecular complexity index is 973. The molecule has 2 aliphatic rings. The SMILES string of the molecule is O=C(O)c1ccc(OCCN2CCC3(CC2)C(=O)Nc2ccc(Cl)cc23)cc1F. The summed E-state index contributed by atoms with van der Waals surface area (Å²) in [6.45, 7) is 2.43. The minimum atomic E-state index is -1.31. The van der Waals surface area contributed by atoms with E-state index in [2.05, 4.69) is 10.2 Å². The maximum atomic E-state index is 13.7. The number of aromatic carboxylic acids is 1. The van der Waals surface area contributed by atoms with Gasteiger partial charge in [-0.3, -0.25) is 9.69 Å². The van der Waals surface area contributed by atoms with Crippen LogP contribution in [0.3, 0.4) is 0 Å². The highest BCUT2D eigenvalue weighted by atomic mass is 35.5. The van der Waals surface area contributed by atoms with Crippen molar-refractivity contribution < 1.29 is 23.8 Å². The van der Waals surface area contributed by atoms with Crippen molar-refractivity contribution in [3.63, 3.8) is 0 Å². The monoisotopic (exact) mass is 418 g/mol. The van der Waals surface area contributed by atoms with Gasteiger partial charge in [0.1, 0.15) is 18.2 Å². The van der Waals surface area contributed by atoms with Crippen molar-refractivity contribution in [2.45, 2.75) is 18.3 Å². The predicted molar refractivity (Wildman–Crippen MR) is 106 cm³/mol. The highest BCUT2D eigenvalue weighted by molar-refractivity contribution is 6.31. The van der Waals surface area contributed by atoms with Gasteiger partial charge in [-0.2, -0.15) is 0 Å². The Labute approximate surface area is 172 Å². The number of carbonyl (C=O) groups excluding carboxylic acids is 1. The van der Waals surface area contributed by atoms with E-state index < -0.39 is 17.2 Å². The summed E-state index contributed by atoms with van der Waals surface area (Å²) >= 11 is 6.14. The number of hydrogen-bond donors (Lipinski definition) is 2. The maximum absolute atomic E-state index is 13.7. The molecule has 2 heterocycles. The van der Waals surface area contributed by atoms with Crippen molar-refractivity contribution in [3.8, 4) is 5.75 Å². The number of ether oxygens (including phenoxy) is 1. The minimum absolute atomic E-state index is 0.0275. The van der Waals surface area contributed by atoms with E-state index in [1.54, 1.807) is 6.07 Å². The summed E-state index contributed by atoms with van der Waals surface area (Å²) in [4.78, 5) is 25.7.